The second kappa shape index (κ2) is 14.6. The minimum atomic E-state index is 0.895. The molecule has 0 aromatic carbocycles. The Bertz CT molecular complexity index is 206. The van der Waals surface area contributed by atoms with Crippen molar-refractivity contribution in [1.29, 1.82) is 0 Å². The maximum absolute atomic E-state index is 3.88. The molecular formula is C18H32. The molecule has 0 aliphatic heterocycles. The van der Waals surface area contributed by atoms with E-state index in [0.717, 1.165) is 31.6 Å². The van der Waals surface area contributed by atoms with Gasteiger partial charge in [0.1, 0.15) is 0 Å². The number of rotatable bonds is 11. The van der Waals surface area contributed by atoms with Gasteiger partial charge in [-0.05, 0) is 18.8 Å². The Hall–Kier alpha value is -0.440. The van der Waals surface area contributed by atoms with Crippen molar-refractivity contribution >= 4 is 0 Å². The maximum Gasteiger partial charge on any atom is 0.00913 e. The van der Waals surface area contributed by atoms with E-state index in [0.29, 0.717) is 0 Å². The van der Waals surface area contributed by atoms with E-state index in [1.807, 2.05) is 0 Å². The minimum Gasteiger partial charge on any atom is -0.103 e. The second-order valence-electron chi connectivity index (χ2n) is 5.18. The van der Waals surface area contributed by atoms with E-state index in [4.69, 9.17) is 0 Å². The Morgan fingerprint density at radius 1 is 0.778 bits per heavy atom. The summed E-state index contributed by atoms with van der Waals surface area (Å²) < 4.78 is 0. The van der Waals surface area contributed by atoms with Crippen LogP contribution >= 0.6 is 0 Å². The van der Waals surface area contributed by atoms with Gasteiger partial charge in [-0.1, -0.05) is 72.1 Å². The zero-order valence-corrected chi connectivity index (χ0v) is 12.5. The summed E-state index contributed by atoms with van der Waals surface area (Å²) in [6.07, 6.45) is 15.0. The van der Waals surface area contributed by atoms with Crippen LogP contribution in [-0.2, 0) is 0 Å². The first kappa shape index (κ1) is 17.6. The Labute approximate surface area is 116 Å². The van der Waals surface area contributed by atoms with Crippen molar-refractivity contribution in [2.24, 2.45) is 5.92 Å². The van der Waals surface area contributed by atoms with Crippen molar-refractivity contribution < 1.29 is 0 Å². The summed E-state index contributed by atoms with van der Waals surface area (Å²) in [7, 11) is 0. The SMILES string of the molecule is [CH2]CCC#CCCC(CC)CCCCCCC[CH2]. The Balaban J connectivity index is 3.44. The molecule has 0 amide bonds. The van der Waals surface area contributed by atoms with Gasteiger partial charge in [-0.25, -0.2) is 0 Å². The van der Waals surface area contributed by atoms with Gasteiger partial charge in [0.05, 0.1) is 0 Å². The van der Waals surface area contributed by atoms with Gasteiger partial charge < -0.3 is 0 Å². The van der Waals surface area contributed by atoms with Crippen LogP contribution in [0.3, 0.4) is 0 Å². The molecule has 0 aromatic heterocycles. The van der Waals surface area contributed by atoms with Crippen LogP contribution in [0.15, 0.2) is 0 Å². The highest BCUT2D eigenvalue weighted by atomic mass is 14.1. The molecular weight excluding hydrogens is 216 g/mol. The topological polar surface area (TPSA) is 0 Å². The van der Waals surface area contributed by atoms with Crippen molar-refractivity contribution in [1.82, 2.24) is 0 Å². The van der Waals surface area contributed by atoms with E-state index in [-0.39, 0.29) is 0 Å². The van der Waals surface area contributed by atoms with E-state index < -0.39 is 0 Å². The second-order valence-corrected chi connectivity index (χ2v) is 5.18. The number of hydrogen-bond donors (Lipinski definition) is 0. The standard InChI is InChI=1S/C18H32/c1-4-7-9-11-13-15-17-18(6-3)16-14-12-10-8-5-2/h18H,1-2,4-9,11,13-17H2,3H3. The average Bonchev–Trinajstić information content (AvgIpc) is 2.40. The zero-order chi connectivity index (χ0) is 13.5. The molecule has 18 heavy (non-hydrogen) atoms. The molecule has 0 fully saturated rings. The third kappa shape index (κ3) is 12.0. The fourth-order valence-corrected chi connectivity index (χ4v) is 2.23. The van der Waals surface area contributed by atoms with Crippen LogP contribution in [-0.4, -0.2) is 0 Å². The highest BCUT2D eigenvalue weighted by Gasteiger charge is 2.04. The molecule has 0 bridgehead atoms. The quantitative estimate of drug-likeness (QED) is 0.312. The van der Waals surface area contributed by atoms with E-state index in [2.05, 4.69) is 32.6 Å². The number of unbranched alkanes of at least 4 members (excludes halogenated alkanes) is 6. The van der Waals surface area contributed by atoms with E-state index in [1.54, 1.807) is 0 Å². The van der Waals surface area contributed by atoms with Gasteiger partial charge >= 0.3 is 0 Å². The predicted molar refractivity (Wildman–Crippen MR) is 83.1 cm³/mol. The monoisotopic (exact) mass is 248 g/mol. The highest BCUT2D eigenvalue weighted by molar-refractivity contribution is 4.98. The lowest BCUT2D eigenvalue weighted by Gasteiger charge is -2.12. The average molecular weight is 248 g/mol. The third-order valence-electron chi connectivity index (χ3n) is 3.54. The predicted octanol–water partition coefficient (Wildman–Crippen LogP) is 5.98. The van der Waals surface area contributed by atoms with E-state index >= 15 is 0 Å². The largest absolute Gasteiger partial charge is 0.103 e. The van der Waals surface area contributed by atoms with Crippen LogP contribution in [0.1, 0.15) is 84.0 Å². The fourth-order valence-electron chi connectivity index (χ4n) is 2.23. The summed E-state index contributed by atoms with van der Waals surface area (Å²) in [6.45, 7) is 10.00. The molecule has 0 rings (SSSR count). The Morgan fingerprint density at radius 2 is 1.44 bits per heavy atom. The van der Waals surface area contributed by atoms with Crippen LogP contribution in [0.2, 0.25) is 0 Å². The lowest BCUT2D eigenvalue weighted by atomic mass is 9.93. The summed E-state index contributed by atoms with van der Waals surface area (Å²) in [4.78, 5) is 0. The van der Waals surface area contributed by atoms with Crippen molar-refractivity contribution in [3.8, 4) is 11.8 Å². The smallest absolute Gasteiger partial charge is 0.00913 e. The molecule has 0 aliphatic carbocycles. The molecule has 0 nitrogen and oxygen atoms in total. The number of hydrogen-bond acceptors (Lipinski definition) is 0. The van der Waals surface area contributed by atoms with Crippen LogP contribution < -0.4 is 0 Å². The fraction of sp³-hybridized carbons (Fsp3) is 0.778. The summed E-state index contributed by atoms with van der Waals surface area (Å²) in [6, 6.07) is 0. The first-order valence-corrected chi connectivity index (χ1v) is 7.89. The van der Waals surface area contributed by atoms with Gasteiger partial charge in [0.15, 0.2) is 0 Å². The van der Waals surface area contributed by atoms with Crippen molar-refractivity contribution in [2.45, 2.75) is 84.0 Å². The zero-order valence-electron chi connectivity index (χ0n) is 12.5. The lowest BCUT2D eigenvalue weighted by molar-refractivity contribution is 0.417. The first-order valence-electron chi connectivity index (χ1n) is 7.89. The van der Waals surface area contributed by atoms with Gasteiger partial charge in [-0.3, -0.25) is 0 Å². The molecule has 0 N–H and O–H groups in total. The van der Waals surface area contributed by atoms with Gasteiger partial charge in [0, 0.05) is 12.8 Å². The van der Waals surface area contributed by atoms with E-state index in [1.165, 1.54) is 51.4 Å². The van der Waals surface area contributed by atoms with Crippen molar-refractivity contribution in [2.75, 3.05) is 0 Å². The Kier molecular flexibility index (Phi) is 14.3. The summed E-state index contributed by atoms with van der Waals surface area (Å²) in [5.41, 5.74) is 0. The van der Waals surface area contributed by atoms with Crippen molar-refractivity contribution in [3.05, 3.63) is 13.8 Å². The summed E-state index contributed by atoms with van der Waals surface area (Å²) in [5.74, 6) is 7.35. The van der Waals surface area contributed by atoms with Crippen LogP contribution in [0.4, 0.5) is 0 Å². The third-order valence-corrected chi connectivity index (χ3v) is 3.54. The molecule has 0 spiro atoms. The molecule has 0 saturated heterocycles. The van der Waals surface area contributed by atoms with Gasteiger partial charge in [0.25, 0.3) is 0 Å². The first-order chi connectivity index (χ1) is 8.85. The molecule has 0 aliphatic rings. The molecule has 1 unspecified atom stereocenters. The van der Waals surface area contributed by atoms with Gasteiger partial charge in [-0.2, -0.15) is 0 Å². The highest BCUT2D eigenvalue weighted by Crippen LogP contribution is 2.19. The van der Waals surface area contributed by atoms with E-state index in [9.17, 15) is 0 Å². The normalized spacial score (nSPS) is 11.9. The van der Waals surface area contributed by atoms with Crippen LogP contribution in [0.25, 0.3) is 0 Å². The molecule has 0 heteroatoms. The van der Waals surface area contributed by atoms with Crippen LogP contribution in [0.5, 0.6) is 0 Å². The maximum atomic E-state index is 3.88. The molecule has 2 radical (unpaired) electrons. The molecule has 104 valence electrons. The molecule has 0 heterocycles. The van der Waals surface area contributed by atoms with Gasteiger partial charge in [0.2, 0.25) is 0 Å². The molecule has 1 atom stereocenters. The van der Waals surface area contributed by atoms with Gasteiger partial charge in [-0.15, -0.1) is 11.8 Å². The van der Waals surface area contributed by atoms with Crippen molar-refractivity contribution in [3.63, 3.8) is 0 Å². The summed E-state index contributed by atoms with van der Waals surface area (Å²) in [5, 5.41) is 0. The lowest BCUT2D eigenvalue weighted by Crippen LogP contribution is -1.98. The van der Waals surface area contributed by atoms with Crippen LogP contribution in [0, 0.1) is 31.6 Å². The molecule has 0 saturated carbocycles. The minimum absolute atomic E-state index is 0.895. The summed E-state index contributed by atoms with van der Waals surface area (Å²) >= 11 is 0. The Morgan fingerprint density at radius 3 is 2.11 bits per heavy atom. The molecule has 0 aromatic rings.